The predicted octanol–water partition coefficient (Wildman–Crippen LogP) is 2.99. The Hall–Kier alpha value is -0.0900. The van der Waals surface area contributed by atoms with Crippen LogP contribution in [0.1, 0.15) is 13.8 Å². The van der Waals surface area contributed by atoms with Crippen molar-refractivity contribution in [2.75, 3.05) is 11.1 Å². The van der Waals surface area contributed by atoms with Crippen LogP contribution >= 0.6 is 27.7 Å². The van der Waals surface area contributed by atoms with Crippen LogP contribution in [-0.4, -0.2) is 21.1 Å². The zero-order valence-electron chi connectivity index (χ0n) is 7.83. The predicted molar refractivity (Wildman–Crippen MR) is 60.3 cm³/mol. The van der Waals surface area contributed by atoms with Crippen LogP contribution in [-0.2, 0) is 0 Å². The van der Waals surface area contributed by atoms with E-state index in [0.717, 1.165) is 16.1 Å². The summed E-state index contributed by atoms with van der Waals surface area (Å²) in [6.45, 7) is 4.45. The van der Waals surface area contributed by atoms with Gasteiger partial charge in [0.2, 0.25) is 0 Å². The van der Waals surface area contributed by atoms with Gasteiger partial charge in [-0.1, -0.05) is 29.8 Å². The lowest BCUT2D eigenvalue weighted by Gasteiger charge is -2.19. The molecule has 0 radical (unpaired) electrons. The third-order valence-electron chi connectivity index (χ3n) is 1.51. The quantitative estimate of drug-likeness (QED) is 0.615. The van der Waals surface area contributed by atoms with E-state index in [1.165, 1.54) is 0 Å². The molecule has 2 nitrogen and oxygen atoms in total. The Balaban J connectivity index is 2.44. The fourth-order valence-electron chi connectivity index (χ4n) is 0.668. The molecule has 0 spiro atoms. The molecule has 0 aliphatic carbocycles. The monoisotopic (exact) mass is 260 g/mol. The van der Waals surface area contributed by atoms with E-state index >= 15 is 0 Å². The maximum atomic E-state index is 4.20. The molecule has 0 aliphatic heterocycles. The number of hydrogen-bond acceptors (Lipinski definition) is 3. The van der Waals surface area contributed by atoms with E-state index in [9.17, 15) is 0 Å². The van der Waals surface area contributed by atoms with Crippen LogP contribution in [0.2, 0.25) is 0 Å². The maximum Gasteiger partial charge on any atom is 0.114 e. The minimum Gasteiger partial charge on any atom is -0.260 e. The van der Waals surface area contributed by atoms with Gasteiger partial charge < -0.3 is 0 Å². The Kier molecular flexibility index (Phi) is 4.19. The Morgan fingerprint density at radius 3 is 2.77 bits per heavy atom. The van der Waals surface area contributed by atoms with Gasteiger partial charge in [-0.15, -0.1) is 11.8 Å². The van der Waals surface area contributed by atoms with Crippen molar-refractivity contribution in [3.8, 4) is 0 Å². The number of alkyl halides is 1. The lowest BCUT2D eigenvalue weighted by atomic mass is 10.0. The minimum absolute atomic E-state index is 0.308. The summed E-state index contributed by atoms with van der Waals surface area (Å²) < 4.78 is 0. The van der Waals surface area contributed by atoms with Gasteiger partial charge in [0, 0.05) is 23.5 Å². The fourth-order valence-corrected chi connectivity index (χ4v) is 2.04. The highest BCUT2D eigenvalue weighted by molar-refractivity contribution is 9.09. The molecule has 0 saturated carbocycles. The Bertz CT molecular complexity index is 251. The molecule has 1 rings (SSSR count). The Labute approximate surface area is 91.7 Å². The number of aromatic nitrogens is 2. The SMILES string of the molecule is CC(C)(CBr)CSc1cnccn1. The average Bonchev–Trinajstić information content (AvgIpc) is 2.17. The largest absolute Gasteiger partial charge is 0.260 e. The highest BCUT2D eigenvalue weighted by Gasteiger charge is 2.16. The van der Waals surface area contributed by atoms with E-state index in [1.54, 1.807) is 30.4 Å². The first-order valence-electron chi connectivity index (χ1n) is 4.09. The van der Waals surface area contributed by atoms with E-state index in [-0.39, 0.29) is 0 Å². The van der Waals surface area contributed by atoms with Gasteiger partial charge in [0.25, 0.3) is 0 Å². The molecule has 0 atom stereocenters. The van der Waals surface area contributed by atoms with Gasteiger partial charge >= 0.3 is 0 Å². The molecule has 0 bridgehead atoms. The van der Waals surface area contributed by atoms with Crippen LogP contribution in [0.25, 0.3) is 0 Å². The second kappa shape index (κ2) is 4.96. The summed E-state index contributed by atoms with van der Waals surface area (Å²) in [6, 6.07) is 0. The molecule has 0 aromatic carbocycles. The van der Waals surface area contributed by atoms with Crippen molar-refractivity contribution in [2.45, 2.75) is 18.9 Å². The average molecular weight is 261 g/mol. The molecule has 0 saturated heterocycles. The van der Waals surface area contributed by atoms with Gasteiger partial charge in [-0.3, -0.25) is 4.98 Å². The first-order chi connectivity index (χ1) is 6.14. The zero-order chi connectivity index (χ0) is 9.73. The van der Waals surface area contributed by atoms with Gasteiger partial charge in [0.05, 0.1) is 6.20 Å². The molecule has 0 fully saturated rings. The summed E-state index contributed by atoms with van der Waals surface area (Å²) in [5.74, 6) is 1.05. The van der Waals surface area contributed by atoms with Gasteiger partial charge in [0.1, 0.15) is 5.03 Å². The van der Waals surface area contributed by atoms with Crippen molar-refractivity contribution in [1.82, 2.24) is 9.97 Å². The topological polar surface area (TPSA) is 25.8 Å². The number of thioether (sulfide) groups is 1. The van der Waals surface area contributed by atoms with Gasteiger partial charge in [0.15, 0.2) is 0 Å². The molecule has 1 heterocycles. The minimum atomic E-state index is 0.308. The summed E-state index contributed by atoms with van der Waals surface area (Å²) in [4.78, 5) is 8.22. The van der Waals surface area contributed by atoms with Crippen molar-refractivity contribution >= 4 is 27.7 Å². The van der Waals surface area contributed by atoms with Crippen molar-refractivity contribution < 1.29 is 0 Å². The van der Waals surface area contributed by atoms with E-state index in [4.69, 9.17) is 0 Å². The molecule has 1 aromatic rings. The van der Waals surface area contributed by atoms with Crippen molar-refractivity contribution in [3.63, 3.8) is 0 Å². The standard InChI is InChI=1S/C9H13BrN2S/c1-9(2,6-10)7-13-8-5-11-3-4-12-8/h3-5H,6-7H2,1-2H3. The summed E-state index contributed by atoms with van der Waals surface area (Å²) >= 11 is 5.24. The molecule has 4 heteroatoms. The smallest absolute Gasteiger partial charge is 0.114 e. The summed E-state index contributed by atoms with van der Waals surface area (Å²) in [6.07, 6.45) is 5.22. The van der Waals surface area contributed by atoms with Crippen molar-refractivity contribution in [2.24, 2.45) is 5.41 Å². The van der Waals surface area contributed by atoms with Gasteiger partial charge in [-0.2, -0.15) is 0 Å². The molecule has 72 valence electrons. The van der Waals surface area contributed by atoms with Crippen LogP contribution in [0, 0.1) is 5.41 Å². The normalized spacial score (nSPS) is 11.6. The lowest BCUT2D eigenvalue weighted by Crippen LogP contribution is -2.16. The lowest BCUT2D eigenvalue weighted by molar-refractivity contribution is 0.496. The molecular formula is C9H13BrN2S. The molecule has 1 aromatic heterocycles. The summed E-state index contributed by atoms with van der Waals surface area (Å²) in [7, 11) is 0. The highest BCUT2D eigenvalue weighted by atomic mass is 79.9. The first kappa shape index (κ1) is 11.0. The van der Waals surface area contributed by atoms with E-state index in [0.29, 0.717) is 5.41 Å². The Morgan fingerprint density at radius 1 is 1.46 bits per heavy atom. The van der Waals surface area contributed by atoms with Crippen LogP contribution in [0.3, 0.4) is 0 Å². The van der Waals surface area contributed by atoms with Crippen LogP contribution in [0.15, 0.2) is 23.6 Å². The third-order valence-corrected chi connectivity index (χ3v) is 4.46. The number of halogens is 1. The number of hydrogen-bond donors (Lipinski definition) is 0. The van der Waals surface area contributed by atoms with Gasteiger partial charge in [-0.25, -0.2) is 4.98 Å². The second-order valence-corrected chi connectivity index (χ2v) is 5.19. The molecular weight excluding hydrogens is 248 g/mol. The molecule has 0 amide bonds. The fraction of sp³-hybridized carbons (Fsp3) is 0.556. The van der Waals surface area contributed by atoms with Crippen molar-refractivity contribution in [1.29, 1.82) is 0 Å². The van der Waals surface area contributed by atoms with E-state index < -0.39 is 0 Å². The number of nitrogens with zero attached hydrogens (tertiary/aromatic N) is 2. The van der Waals surface area contributed by atoms with E-state index in [1.807, 2.05) is 0 Å². The maximum absolute atomic E-state index is 4.20. The number of rotatable bonds is 4. The van der Waals surface area contributed by atoms with Gasteiger partial charge in [-0.05, 0) is 5.41 Å². The van der Waals surface area contributed by atoms with E-state index in [2.05, 4.69) is 39.7 Å². The first-order valence-corrected chi connectivity index (χ1v) is 6.19. The van der Waals surface area contributed by atoms with Crippen LogP contribution in [0.5, 0.6) is 0 Å². The van der Waals surface area contributed by atoms with Crippen LogP contribution < -0.4 is 0 Å². The molecule has 0 unspecified atom stereocenters. The zero-order valence-corrected chi connectivity index (χ0v) is 10.2. The molecule has 13 heavy (non-hydrogen) atoms. The summed E-state index contributed by atoms with van der Waals surface area (Å²) in [5, 5.41) is 2.00. The van der Waals surface area contributed by atoms with Crippen molar-refractivity contribution in [3.05, 3.63) is 18.6 Å². The summed E-state index contributed by atoms with van der Waals surface area (Å²) in [5.41, 5.74) is 0.308. The second-order valence-electron chi connectivity index (χ2n) is 3.63. The van der Waals surface area contributed by atoms with Crippen LogP contribution in [0.4, 0.5) is 0 Å². The third kappa shape index (κ3) is 4.09. The highest BCUT2D eigenvalue weighted by Crippen LogP contribution is 2.27. The Morgan fingerprint density at radius 2 is 2.23 bits per heavy atom. The molecule has 0 N–H and O–H groups in total. The molecule has 0 aliphatic rings.